The summed E-state index contributed by atoms with van der Waals surface area (Å²) in [6, 6.07) is 3.74. The molecule has 18 heavy (non-hydrogen) atoms. The zero-order chi connectivity index (χ0) is 13.1. The van der Waals surface area contributed by atoms with Crippen molar-refractivity contribution in [2.24, 2.45) is 5.73 Å². The molecule has 5 heteroatoms. The number of pyridine rings is 1. The molecule has 0 aliphatic heterocycles. The molecule has 0 fully saturated rings. The average Bonchev–Trinajstić information content (AvgIpc) is 2.76. The monoisotopic (exact) mass is 246 g/mol. The van der Waals surface area contributed by atoms with Crippen LogP contribution in [0.25, 0.3) is 5.82 Å². The molecule has 2 aromatic heterocycles. The van der Waals surface area contributed by atoms with E-state index in [0.717, 1.165) is 17.1 Å². The van der Waals surface area contributed by atoms with Crippen LogP contribution in [-0.4, -0.2) is 20.9 Å². The predicted octanol–water partition coefficient (Wildman–Crippen LogP) is 2.07. The Bertz CT molecular complexity index is 519. The summed E-state index contributed by atoms with van der Waals surface area (Å²) >= 11 is 0. The van der Waals surface area contributed by atoms with E-state index in [9.17, 15) is 0 Å². The van der Waals surface area contributed by atoms with Crippen LogP contribution < -0.4 is 10.5 Å². The molecule has 2 heterocycles. The van der Waals surface area contributed by atoms with Crippen LogP contribution in [0, 0.1) is 0 Å². The molecule has 0 amide bonds. The third-order valence-electron chi connectivity index (χ3n) is 2.46. The highest BCUT2D eigenvalue weighted by atomic mass is 16.5. The van der Waals surface area contributed by atoms with E-state index in [2.05, 4.69) is 10.1 Å². The fourth-order valence-electron chi connectivity index (χ4n) is 1.71. The van der Waals surface area contributed by atoms with E-state index in [0.29, 0.717) is 0 Å². The lowest BCUT2D eigenvalue weighted by atomic mass is 10.1. The van der Waals surface area contributed by atoms with Gasteiger partial charge >= 0.3 is 0 Å². The number of nitrogens with two attached hydrogens (primary N) is 1. The zero-order valence-electron chi connectivity index (χ0n) is 10.9. The number of hydrogen-bond donors (Lipinski definition) is 1. The van der Waals surface area contributed by atoms with Gasteiger partial charge in [0.1, 0.15) is 0 Å². The van der Waals surface area contributed by atoms with Crippen molar-refractivity contribution in [3.8, 4) is 11.6 Å². The first-order valence-electron chi connectivity index (χ1n) is 6.00. The van der Waals surface area contributed by atoms with Gasteiger partial charge in [-0.05, 0) is 26.8 Å². The highest BCUT2D eigenvalue weighted by Gasteiger charge is 2.11. The second kappa shape index (κ2) is 5.18. The van der Waals surface area contributed by atoms with Gasteiger partial charge in [-0.3, -0.25) is 0 Å². The van der Waals surface area contributed by atoms with Crippen molar-refractivity contribution in [3.63, 3.8) is 0 Å². The van der Waals surface area contributed by atoms with Gasteiger partial charge < -0.3 is 10.5 Å². The SMILES string of the molecule is CC(C)Oc1cnn(-c2ncccc2[C@@H](C)N)c1. The van der Waals surface area contributed by atoms with Crippen LogP contribution in [0.2, 0.25) is 0 Å². The fraction of sp³-hybridized carbons (Fsp3) is 0.385. The van der Waals surface area contributed by atoms with Crippen molar-refractivity contribution < 1.29 is 4.74 Å². The summed E-state index contributed by atoms with van der Waals surface area (Å²) in [5.74, 6) is 1.47. The van der Waals surface area contributed by atoms with E-state index in [-0.39, 0.29) is 12.1 Å². The molecule has 0 spiro atoms. The second-order valence-corrected chi connectivity index (χ2v) is 4.49. The largest absolute Gasteiger partial charge is 0.488 e. The van der Waals surface area contributed by atoms with Crippen LogP contribution in [0.1, 0.15) is 32.4 Å². The molecular weight excluding hydrogens is 228 g/mol. The molecule has 0 aliphatic rings. The van der Waals surface area contributed by atoms with Gasteiger partial charge in [0.2, 0.25) is 0 Å². The van der Waals surface area contributed by atoms with Crippen LogP contribution >= 0.6 is 0 Å². The smallest absolute Gasteiger partial charge is 0.158 e. The number of aromatic nitrogens is 3. The normalized spacial score (nSPS) is 12.7. The maximum atomic E-state index is 5.93. The standard InChI is InChI=1S/C13H18N4O/c1-9(2)18-11-7-16-17(8-11)13-12(10(3)14)5-4-6-15-13/h4-10H,14H2,1-3H3/t10-/m1/s1. The lowest BCUT2D eigenvalue weighted by molar-refractivity contribution is 0.242. The maximum Gasteiger partial charge on any atom is 0.158 e. The Hall–Kier alpha value is -1.88. The third kappa shape index (κ3) is 2.68. The number of rotatable bonds is 4. The highest BCUT2D eigenvalue weighted by molar-refractivity contribution is 5.36. The molecule has 0 saturated carbocycles. The average molecular weight is 246 g/mol. The zero-order valence-corrected chi connectivity index (χ0v) is 10.9. The molecule has 1 atom stereocenters. The van der Waals surface area contributed by atoms with E-state index in [1.807, 2.05) is 39.1 Å². The van der Waals surface area contributed by atoms with E-state index in [4.69, 9.17) is 10.5 Å². The van der Waals surface area contributed by atoms with Crippen LogP contribution in [0.3, 0.4) is 0 Å². The fourth-order valence-corrected chi connectivity index (χ4v) is 1.71. The quantitative estimate of drug-likeness (QED) is 0.896. The lowest BCUT2D eigenvalue weighted by Crippen LogP contribution is -2.11. The van der Waals surface area contributed by atoms with E-state index in [1.54, 1.807) is 17.1 Å². The third-order valence-corrected chi connectivity index (χ3v) is 2.46. The Labute approximate surface area is 107 Å². The minimum atomic E-state index is -0.0904. The molecule has 0 radical (unpaired) electrons. The van der Waals surface area contributed by atoms with E-state index < -0.39 is 0 Å². The Balaban J connectivity index is 2.34. The highest BCUT2D eigenvalue weighted by Crippen LogP contribution is 2.19. The Morgan fingerprint density at radius 3 is 2.78 bits per heavy atom. The van der Waals surface area contributed by atoms with Crippen molar-refractivity contribution >= 4 is 0 Å². The van der Waals surface area contributed by atoms with Crippen LogP contribution in [0.5, 0.6) is 5.75 Å². The van der Waals surface area contributed by atoms with Crippen LogP contribution in [-0.2, 0) is 0 Å². The summed E-state index contributed by atoms with van der Waals surface area (Å²) < 4.78 is 7.27. The Kier molecular flexibility index (Phi) is 3.62. The van der Waals surface area contributed by atoms with Gasteiger partial charge in [0.05, 0.1) is 18.5 Å². The van der Waals surface area contributed by atoms with Gasteiger partial charge in [-0.25, -0.2) is 9.67 Å². The van der Waals surface area contributed by atoms with Crippen LogP contribution in [0.15, 0.2) is 30.7 Å². The number of ether oxygens (including phenoxy) is 1. The maximum absolute atomic E-state index is 5.93. The molecule has 0 aliphatic carbocycles. The molecule has 96 valence electrons. The Morgan fingerprint density at radius 1 is 1.33 bits per heavy atom. The summed E-state index contributed by atoms with van der Waals surface area (Å²) in [6.45, 7) is 5.88. The summed E-state index contributed by atoms with van der Waals surface area (Å²) in [5, 5.41) is 4.26. The summed E-state index contributed by atoms with van der Waals surface area (Å²) in [7, 11) is 0. The second-order valence-electron chi connectivity index (χ2n) is 4.49. The lowest BCUT2D eigenvalue weighted by Gasteiger charge is -2.10. The van der Waals surface area contributed by atoms with E-state index >= 15 is 0 Å². The van der Waals surface area contributed by atoms with Gasteiger partial charge in [-0.1, -0.05) is 6.07 Å². The van der Waals surface area contributed by atoms with Crippen LogP contribution in [0.4, 0.5) is 0 Å². The van der Waals surface area contributed by atoms with Crippen molar-refractivity contribution in [3.05, 3.63) is 36.3 Å². The molecule has 2 aromatic rings. The predicted molar refractivity (Wildman–Crippen MR) is 69.7 cm³/mol. The van der Waals surface area contributed by atoms with Crippen molar-refractivity contribution in [1.82, 2.24) is 14.8 Å². The van der Waals surface area contributed by atoms with Gasteiger partial charge in [0.25, 0.3) is 0 Å². The molecule has 0 aromatic carbocycles. The first-order chi connectivity index (χ1) is 8.58. The molecular formula is C13H18N4O. The van der Waals surface area contributed by atoms with Gasteiger partial charge in [-0.15, -0.1) is 0 Å². The van der Waals surface area contributed by atoms with Crippen molar-refractivity contribution in [2.75, 3.05) is 0 Å². The van der Waals surface area contributed by atoms with Crippen molar-refractivity contribution in [1.29, 1.82) is 0 Å². The topological polar surface area (TPSA) is 66.0 Å². The minimum absolute atomic E-state index is 0.0904. The van der Waals surface area contributed by atoms with E-state index in [1.165, 1.54) is 0 Å². The molecule has 0 unspecified atom stereocenters. The van der Waals surface area contributed by atoms with Crippen molar-refractivity contribution in [2.45, 2.75) is 32.9 Å². The molecule has 5 nitrogen and oxygen atoms in total. The van der Waals surface area contributed by atoms with Gasteiger partial charge in [0.15, 0.2) is 11.6 Å². The molecule has 0 saturated heterocycles. The van der Waals surface area contributed by atoms with Gasteiger partial charge in [0, 0.05) is 17.8 Å². The number of nitrogens with zero attached hydrogens (tertiary/aromatic N) is 3. The first kappa shape index (κ1) is 12.6. The number of hydrogen-bond acceptors (Lipinski definition) is 4. The Morgan fingerprint density at radius 2 is 2.11 bits per heavy atom. The minimum Gasteiger partial charge on any atom is -0.488 e. The summed E-state index contributed by atoms with van der Waals surface area (Å²) in [6.07, 6.45) is 5.35. The molecule has 0 bridgehead atoms. The summed E-state index contributed by atoms with van der Waals surface area (Å²) in [5.41, 5.74) is 6.88. The summed E-state index contributed by atoms with van der Waals surface area (Å²) in [4.78, 5) is 4.33. The molecule has 2 N–H and O–H groups in total. The molecule has 2 rings (SSSR count). The first-order valence-corrected chi connectivity index (χ1v) is 6.00. The van der Waals surface area contributed by atoms with Gasteiger partial charge in [-0.2, -0.15) is 5.10 Å².